The first kappa shape index (κ1) is 23.3. The van der Waals surface area contributed by atoms with Gasteiger partial charge in [-0.3, -0.25) is 14.5 Å². The maximum atomic E-state index is 11.6. The molecule has 1 saturated heterocycles. The van der Waals surface area contributed by atoms with Crippen molar-refractivity contribution in [3.8, 4) is 0 Å². The van der Waals surface area contributed by atoms with Crippen LogP contribution in [0.4, 0.5) is 0 Å². The number of nitrogens with zero attached hydrogens (tertiary/aromatic N) is 2. The number of hydrogen-bond donors (Lipinski definition) is 2. The first-order valence-corrected chi connectivity index (χ1v) is 8.78. The highest BCUT2D eigenvalue weighted by molar-refractivity contribution is 5.94. The number of nitrogens with one attached hydrogen (secondary N) is 1. The van der Waals surface area contributed by atoms with Crippen molar-refractivity contribution in [2.75, 3.05) is 26.7 Å². The minimum absolute atomic E-state index is 0.0278. The largest absolute Gasteiger partial charge is 0.469 e. The van der Waals surface area contributed by atoms with Gasteiger partial charge in [-0.05, 0) is 26.0 Å². The van der Waals surface area contributed by atoms with E-state index in [1.54, 1.807) is 32.4 Å². The van der Waals surface area contributed by atoms with Crippen molar-refractivity contribution in [2.45, 2.75) is 33.6 Å². The lowest BCUT2D eigenvalue weighted by atomic mass is 10.1. The number of hydrogen-bond acceptors (Lipinski definition) is 5. The van der Waals surface area contributed by atoms with E-state index >= 15 is 0 Å². The molecule has 0 bridgehead atoms. The Hall–Kier alpha value is -2.70. The standard InChI is InChI=1S/C9H15N3O.C8H11NO2.C2H6/c1-4-11-5-6-12(8(3)10)9(13)7(11)2;1-6(8(10)9-2)7-4-3-5-11-7;1-2/h2-6,10H2,1H3;3-6H,1-2H3,(H,9,10);1-2H3. The molecule has 2 amide bonds. The van der Waals surface area contributed by atoms with E-state index in [4.69, 9.17) is 10.2 Å². The van der Waals surface area contributed by atoms with E-state index in [1.165, 1.54) is 4.90 Å². The van der Waals surface area contributed by atoms with Crippen LogP contribution in [0.2, 0.25) is 0 Å². The van der Waals surface area contributed by atoms with Gasteiger partial charge in [-0.1, -0.05) is 27.0 Å². The van der Waals surface area contributed by atoms with Gasteiger partial charge in [-0.25, -0.2) is 0 Å². The summed E-state index contributed by atoms with van der Waals surface area (Å²) < 4.78 is 5.06. The maximum Gasteiger partial charge on any atom is 0.275 e. The summed E-state index contributed by atoms with van der Waals surface area (Å²) in [6.07, 6.45) is 1.56. The molecule has 1 atom stereocenters. The molecule has 3 N–H and O–H groups in total. The lowest BCUT2D eigenvalue weighted by Crippen LogP contribution is -2.48. The van der Waals surface area contributed by atoms with Crippen molar-refractivity contribution in [2.24, 2.45) is 5.73 Å². The third-order valence-electron chi connectivity index (χ3n) is 3.81. The van der Waals surface area contributed by atoms with E-state index < -0.39 is 0 Å². The Morgan fingerprint density at radius 2 is 2.04 bits per heavy atom. The van der Waals surface area contributed by atoms with Crippen LogP contribution in [-0.2, 0) is 9.59 Å². The summed E-state index contributed by atoms with van der Waals surface area (Å²) in [5.74, 6) is 0.627. The fourth-order valence-corrected chi connectivity index (χ4v) is 2.25. The minimum Gasteiger partial charge on any atom is -0.469 e. The Morgan fingerprint density at radius 3 is 2.46 bits per heavy atom. The van der Waals surface area contributed by atoms with Crippen molar-refractivity contribution >= 4 is 11.8 Å². The molecule has 2 rings (SSSR count). The molecule has 0 radical (unpaired) electrons. The summed E-state index contributed by atoms with van der Waals surface area (Å²) in [5, 5.41) is 2.55. The van der Waals surface area contributed by atoms with Gasteiger partial charge in [0.15, 0.2) is 0 Å². The van der Waals surface area contributed by atoms with Crippen LogP contribution >= 0.6 is 0 Å². The molecule has 0 saturated carbocycles. The van der Waals surface area contributed by atoms with Crippen LogP contribution in [0.3, 0.4) is 0 Å². The molecule has 2 heterocycles. The topological polar surface area (TPSA) is 91.8 Å². The number of carbonyl (C=O) groups is 2. The fourth-order valence-electron chi connectivity index (χ4n) is 2.25. The Morgan fingerprint density at radius 1 is 1.42 bits per heavy atom. The zero-order chi connectivity index (χ0) is 20.3. The summed E-state index contributed by atoms with van der Waals surface area (Å²) in [7, 11) is 1.61. The number of piperazine rings is 1. The molecule has 1 aromatic rings. The predicted molar refractivity (Wildman–Crippen MR) is 104 cm³/mol. The average molecular weight is 364 g/mol. The Labute approximate surface area is 156 Å². The highest BCUT2D eigenvalue weighted by Gasteiger charge is 2.26. The van der Waals surface area contributed by atoms with Crippen LogP contribution in [0.15, 0.2) is 47.5 Å². The number of likely N-dealkylation sites (N-methyl/N-ethyl adjacent to an activating group) is 2. The smallest absolute Gasteiger partial charge is 0.275 e. The molecular formula is C19H32N4O3. The van der Waals surface area contributed by atoms with Crippen LogP contribution < -0.4 is 11.1 Å². The number of furan rings is 1. The van der Waals surface area contributed by atoms with E-state index in [1.807, 2.05) is 25.7 Å². The van der Waals surface area contributed by atoms with Gasteiger partial charge < -0.3 is 20.4 Å². The predicted octanol–water partition coefficient (Wildman–Crippen LogP) is 2.25. The molecule has 0 spiro atoms. The molecule has 0 aliphatic carbocycles. The van der Waals surface area contributed by atoms with E-state index in [9.17, 15) is 9.59 Å². The van der Waals surface area contributed by atoms with Gasteiger partial charge in [0.25, 0.3) is 5.91 Å². The van der Waals surface area contributed by atoms with Crippen molar-refractivity contribution in [1.29, 1.82) is 0 Å². The molecule has 26 heavy (non-hydrogen) atoms. The first-order chi connectivity index (χ1) is 12.3. The third-order valence-corrected chi connectivity index (χ3v) is 3.81. The second kappa shape index (κ2) is 11.8. The molecule has 1 unspecified atom stereocenters. The number of amides is 2. The molecule has 146 valence electrons. The Bertz CT molecular complexity index is 596. The Kier molecular flexibility index (Phi) is 10.6. The zero-order valence-electron chi connectivity index (χ0n) is 16.5. The highest BCUT2D eigenvalue weighted by atomic mass is 16.3. The summed E-state index contributed by atoms with van der Waals surface area (Å²) in [4.78, 5) is 26.0. The Balaban J connectivity index is 0.000000444. The number of rotatable bonds is 4. The number of nitrogens with two attached hydrogens (primary N) is 1. The fraction of sp³-hybridized carbons (Fsp3) is 0.474. The van der Waals surface area contributed by atoms with E-state index in [0.29, 0.717) is 23.8 Å². The molecule has 0 aromatic carbocycles. The SMILES string of the molecule is C=C1C(=O)N(C(=C)N)CCN1CC.CC.CNC(=O)C(C)c1ccco1. The highest BCUT2D eigenvalue weighted by Crippen LogP contribution is 2.15. The van der Waals surface area contributed by atoms with Gasteiger partial charge in [0.05, 0.1) is 23.7 Å². The van der Waals surface area contributed by atoms with Crippen molar-refractivity contribution in [3.05, 3.63) is 48.8 Å². The van der Waals surface area contributed by atoms with Gasteiger partial charge in [-0.15, -0.1) is 0 Å². The van der Waals surface area contributed by atoms with E-state index in [0.717, 1.165) is 13.1 Å². The number of carbonyl (C=O) groups excluding carboxylic acids is 2. The molecule has 1 aliphatic rings. The van der Waals surface area contributed by atoms with Crippen LogP contribution in [-0.4, -0.2) is 48.3 Å². The molecule has 7 heteroatoms. The summed E-state index contributed by atoms with van der Waals surface area (Å²) in [5.41, 5.74) is 5.96. The quantitative estimate of drug-likeness (QED) is 0.800. The van der Waals surface area contributed by atoms with Crippen molar-refractivity contribution < 1.29 is 14.0 Å². The van der Waals surface area contributed by atoms with Gasteiger partial charge in [0.1, 0.15) is 5.76 Å². The van der Waals surface area contributed by atoms with Crippen molar-refractivity contribution in [3.63, 3.8) is 0 Å². The lowest BCUT2D eigenvalue weighted by Gasteiger charge is -2.35. The normalized spacial score (nSPS) is 14.5. The first-order valence-electron chi connectivity index (χ1n) is 8.78. The average Bonchev–Trinajstić information content (AvgIpc) is 3.19. The zero-order valence-corrected chi connectivity index (χ0v) is 16.5. The van der Waals surface area contributed by atoms with Crippen LogP contribution in [0.25, 0.3) is 0 Å². The molecule has 7 nitrogen and oxygen atoms in total. The monoisotopic (exact) mass is 364 g/mol. The molecule has 1 aliphatic heterocycles. The lowest BCUT2D eigenvalue weighted by molar-refractivity contribution is -0.129. The van der Waals surface area contributed by atoms with Gasteiger partial charge >= 0.3 is 0 Å². The van der Waals surface area contributed by atoms with Crippen molar-refractivity contribution in [1.82, 2.24) is 15.1 Å². The van der Waals surface area contributed by atoms with E-state index in [-0.39, 0.29) is 17.7 Å². The molecular weight excluding hydrogens is 332 g/mol. The van der Waals surface area contributed by atoms with E-state index in [2.05, 4.69) is 18.5 Å². The van der Waals surface area contributed by atoms with Gasteiger partial charge in [0.2, 0.25) is 5.91 Å². The second-order valence-corrected chi connectivity index (χ2v) is 5.33. The van der Waals surface area contributed by atoms with Crippen LogP contribution in [0.1, 0.15) is 39.4 Å². The van der Waals surface area contributed by atoms with Gasteiger partial charge in [-0.2, -0.15) is 0 Å². The summed E-state index contributed by atoms with van der Waals surface area (Å²) >= 11 is 0. The third kappa shape index (κ3) is 6.31. The second-order valence-electron chi connectivity index (χ2n) is 5.33. The van der Waals surface area contributed by atoms with Gasteiger partial charge in [0, 0.05) is 26.7 Å². The molecule has 1 fully saturated rings. The molecule has 1 aromatic heterocycles. The minimum atomic E-state index is -0.199. The summed E-state index contributed by atoms with van der Waals surface area (Å²) in [6.45, 7) is 17.2. The van der Waals surface area contributed by atoms with Crippen LogP contribution in [0.5, 0.6) is 0 Å². The maximum absolute atomic E-state index is 11.6. The van der Waals surface area contributed by atoms with Crippen LogP contribution in [0, 0.1) is 0 Å². The summed E-state index contributed by atoms with van der Waals surface area (Å²) in [6, 6.07) is 3.56.